The van der Waals surface area contributed by atoms with Crippen molar-refractivity contribution < 1.29 is 14.2 Å². The number of nitrogens with two attached hydrogens (primary N) is 1. The topological polar surface area (TPSA) is 53.7 Å². The van der Waals surface area contributed by atoms with Gasteiger partial charge in [0, 0.05) is 13.2 Å². The number of ether oxygens (including phenoxy) is 3. The molecule has 0 aliphatic heterocycles. The highest BCUT2D eigenvalue weighted by molar-refractivity contribution is 5.42. The fourth-order valence-corrected chi connectivity index (χ4v) is 1.31. The van der Waals surface area contributed by atoms with Gasteiger partial charge in [-0.1, -0.05) is 6.07 Å². The highest BCUT2D eigenvalue weighted by Gasteiger charge is 2.04. The molecular weight excluding hydrogens is 206 g/mol. The summed E-state index contributed by atoms with van der Waals surface area (Å²) in [6, 6.07) is 5.68. The first-order valence-electron chi connectivity index (χ1n) is 5.39. The van der Waals surface area contributed by atoms with E-state index in [4.69, 9.17) is 19.9 Å². The minimum Gasteiger partial charge on any atom is -0.493 e. The van der Waals surface area contributed by atoms with Gasteiger partial charge in [-0.25, -0.2) is 0 Å². The Morgan fingerprint density at radius 3 is 2.62 bits per heavy atom. The Labute approximate surface area is 96.3 Å². The lowest BCUT2D eigenvalue weighted by molar-refractivity contribution is 0.109. The zero-order valence-electron chi connectivity index (χ0n) is 9.86. The quantitative estimate of drug-likeness (QED) is 0.716. The average Bonchev–Trinajstić information content (AvgIpc) is 2.34. The minimum absolute atomic E-state index is 0.496. The molecule has 0 unspecified atom stereocenters. The molecule has 4 nitrogen and oxygen atoms in total. The molecule has 16 heavy (non-hydrogen) atoms. The van der Waals surface area contributed by atoms with Crippen molar-refractivity contribution in [2.75, 3.05) is 26.9 Å². The molecule has 1 aromatic carbocycles. The van der Waals surface area contributed by atoms with E-state index in [1.165, 1.54) is 0 Å². The first kappa shape index (κ1) is 12.8. The molecule has 1 rings (SSSR count). The molecule has 90 valence electrons. The van der Waals surface area contributed by atoms with E-state index in [-0.39, 0.29) is 0 Å². The van der Waals surface area contributed by atoms with Crippen molar-refractivity contribution in [2.45, 2.75) is 13.5 Å². The number of benzene rings is 1. The van der Waals surface area contributed by atoms with Crippen LogP contribution in [-0.4, -0.2) is 26.9 Å². The van der Waals surface area contributed by atoms with Gasteiger partial charge in [-0.3, -0.25) is 0 Å². The largest absolute Gasteiger partial charge is 0.493 e. The summed E-state index contributed by atoms with van der Waals surface area (Å²) >= 11 is 0. The monoisotopic (exact) mass is 225 g/mol. The fraction of sp³-hybridized carbons (Fsp3) is 0.500. The predicted molar refractivity (Wildman–Crippen MR) is 62.9 cm³/mol. The van der Waals surface area contributed by atoms with Gasteiger partial charge < -0.3 is 19.9 Å². The summed E-state index contributed by atoms with van der Waals surface area (Å²) in [6.45, 7) is 4.25. The molecule has 0 heterocycles. The Bertz CT molecular complexity index is 315. The Hall–Kier alpha value is -1.26. The molecule has 0 aliphatic rings. The summed E-state index contributed by atoms with van der Waals surface area (Å²) in [6.07, 6.45) is 0. The van der Waals surface area contributed by atoms with Crippen molar-refractivity contribution in [1.82, 2.24) is 0 Å². The zero-order valence-corrected chi connectivity index (χ0v) is 9.86. The van der Waals surface area contributed by atoms with Gasteiger partial charge in [0.15, 0.2) is 11.5 Å². The van der Waals surface area contributed by atoms with Crippen molar-refractivity contribution >= 4 is 0 Å². The lowest BCUT2D eigenvalue weighted by Crippen LogP contribution is -2.07. The molecule has 0 aromatic heterocycles. The second-order valence-electron chi connectivity index (χ2n) is 3.23. The van der Waals surface area contributed by atoms with Gasteiger partial charge in [0.2, 0.25) is 0 Å². The van der Waals surface area contributed by atoms with E-state index in [9.17, 15) is 0 Å². The first-order chi connectivity index (χ1) is 7.81. The van der Waals surface area contributed by atoms with E-state index in [1.807, 2.05) is 25.1 Å². The molecule has 0 spiro atoms. The molecular formula is C12H19NO3. The molecule has 0 fully saturated rings. The number of rotatable bonds is 7. The van der Waals surface area contributed by atoms with Gasteiger partial charge in [0.1, 0.15) is 6.61 Å². The normalized spacial score (nSPS) is 10.2. The summed E-state index contributed by atoms with van der Waals surface area (Å²) < 4.78 is 16.0. The molecule has 0 saturated carbocycles. The third-order valence-corrected chi connectivity index (χ3v) is 2.15. The second kappa shape index (κ2) is 7.09. The maximum Gasteiger partial charge on any atom is 0.161 e. The van der Waals surface area contributed by atoms with Crippen molar-refractivity contribution in [3.8, 4) is 11.5 Å². The summed E-state index contributed by atoms with van der Waals surface area (Å²) in [4.78, 5) is 0. The molecule has 2 N–H and O–H groups in total. The van der Waals surface area contributed by atoms with Gasteiger partial charge in [0.25, 0.3) is 0 Å². The number of hydrogen-bond donors (Lipinski definition) is 1. The van der Waals surface area contributed by atoms with Crippen LogP contribution in [0.2, 0.25) is 0 Å². The van der Waals surface area contributed by atoms with E-state index in [1.54, 1.807) is 7.11 Å². The highest BCUT2D eigenvalue weighted by Crippen LogP contribution is 2.27. The molecule has 0 atom stereocenters. The highest BCUT2D eigenvalue weighted by atomic mass is 16.5. The SMILES string of the molecule is CCOCCOc1ccc(CN)cc1OC. The fourth-order valence-electron chi connectivity index (χ4n) is 1.31. The van der Waals surface area contributed by atoms with Gasteiger partial charge in [-0.2, -0.15) is 0 Å². The van der Waals surface area contributed by atoms with Crippen molar-refractivity contribution in [3.63, 3.8) is 0 Å². The molecule has 0 radical (unpaired) electrons. The Morgan fingerprint density at radius 1 is 1.19 bits per heavy atom. The Morgan fingerprint density at radius 2 is 2.00 bits per heavy atom. The van der Waals surface area contributed by atoms with Crippen molar-refractivity contribution in [3.05, 3.63) is 23.8 Å². The van der Waals surface area contributed by atoms with Crippen LogP contribution in [0.4, 0.5) is 0 Å². The van der Waals surface area contributed by atoms with Crippen LogP contribution in [-0.2, 0) is 11.3 Å². The lowest BCUT2D eigenvalue weighted by atomic mass is 10.2. The van der Waals surface area contributed by atoms with Gasteiger partial charge in [-0.05, 0) is 24.6 Å². The van der Waals surface area contributed by atoms with Gasteiger partial charge in [-0.15, -0.1) is 0 Å². The van der Waals surface area contributed by atoms with Crippen LogP contribution in [0, 0.1) is 0 Å². The van der Waals surface area contributed by atoms with Crippen molar-refractivity contribution in [2.24, 2.45) is 5.73 Å². The molecule has 0 saturated heterocycles. The Kier molecular flexibility index (Phi) is 5.67. The molecule has 0 bridgehead atoms. The lowest BCUT2D eigenvalue weighted by Gasteiger charge is -2.11. The number of hydrogen-bond acceptors (Lipinski definition) is 4. The number of methoxy groups -OCH3 is 1. The maximum absolute atomic E-state index is 5.55. The second-order valence-corrected chi connectivity index (χ2v) is 3.23. The third kappa shape index (κ3) is 3.72. The van der Waals surface area contributed by atoms with E-state index in [0.29, 0.717) is 32.1 Å². The summed E-state index contributed by atoms with van der Waals surface area (Å²) in [5, 5.41) is 0. The summed E-state index contributed by atoms with van der Waals surface area (Å²) in [7, 11) is 1.62. The van der Waals surface area contributed by atoms with Crippen LogP contribution in [0.1, 0.15) is 12.5 Å². The summed E-state index contributed by atoms with van der Waals surface area (Å²) in [5.41, 5.74) is 6.57. The third-order valence-electron chi connectivity index (χ3n) is 2.15. The molecule has 4 heteroatoms. The van der Waals surface area contributed by atoms with Gasteiger partial charge >= 0.3 is 0 Å². The average molecular weight is 225 g/mol. The molecule has 0 aliphatic carbocycles. The van der Waals surface area contributed by atoms with Crippen LogP contribution < -0.4 is 15.2 Å². The van der Waals surface area contributed by atoms with Crippen LogP contribution in [0.15, 0.2) is 18.2 Å². The predicted octanol–water partition coefficient (Wildman–Crippen LogP) is 1.57. The summed E-state index contributed by atoms with van der Waals surface area (Å²) in [5.74, 6) is 1.43. The van der Waals surface area contributed by atoms with Gasteiger partial charge in [0.05, 0.1) is 13.7 Å². The molecule has 0 amide bonds. The first-order valence-corrected chi connectivity index (χ1v) is 5.39. The van der Waals surface area contributed by atoms with E-state index in [0.717, 1.165) is 11.3 Å². The molecule has 1 aromatic rings. The smallest absolute Gasteiger partial charge is 0.161 e. The maximum atomic E-state index is 5.55. The van der Waals surface area contributed by atoms with Crippen LogP contribution in [0.3, 0.4) is 0 Å². The van der Waals surface area contributed by atoms with E-state index < -0.39 is 0 Å². The van der Waals surface area contributed by atoms with Crippen LogP contribution >= 0.6 is 0 Å². The van der Waals surface area contributed by atoms with E-state index in [2.05, 4.69) is 0 Å². The van der Waals surface area contributed by atoms with Crippen LogP contribution in [0.5, 0.6) is 11.5 Å². The van der Waals surface area contributed by atoms with E-state index >= 15 is 0 Å². The van der Waals surface area contributed by atoms with Crippen LogP contribution in [0.25, 0.3) is 0 Å². The Balaban J connectivity index is 2.57. The van der Waals surface area contributed by atoms with Crippen molar-refractivity contribution in [1.29, 1.82) is 0 Å². The zero-order chi connectivity index (χ0) is 11.8. The standard InChI is InChI=1S/C12H19NO3/c1-3-15-6-7-16-11-5-4-10(9-13)8-12(11)14-2/h4-5,8H,3,6-7,9,13H2,1-2H3. The minimum atomic E-state index is 0.496.